The molecular formula is C7H12N2O. The summed E-state index contributed by atoms with van der Waals surface area (Å²) in [5.74, 6) is -0.0932. The van der Waals surface area contributed by atoms with Gasteiger partial charge in [-0.2, -0.15) is 5.26 Å². The predicted molar refractivity (Wildman–Crippen MR) is 38.2 cm³/mol. The van der Waals surface area contributed by atoms with Gasteiger partial charge in [-0.05, 0) is 6.42 Å². The second kappa shape index (κ2) is 4.80. The van der Waals surface area contributed by atoms with Crippen molar-refractivity contribution in [2.24, 2.45) is 0 Å². The fraction of sp³-hybridized carbons (Fsp3) is 0.714. The molecule has 0 aromatic heterocycles. The van der Waals surface area contributed by atoms with Gasteiger partial charge in [0.15, 0.2) is 0 Å². The van der Waals surface area contributed by atoms with Crippen LogP contribution in [-0.4, -0.2) is 24.4 Å². The number of amides is 1. The van der Waals surface area contributed by atoms with Gasteiger partial charge < -0.3 is 4.90 Å². The zero-order valence-electron chi connectivity index (χ0n) is 6.42. The van der Waals surface area contributed by atoms with Gasteiger partial charge in [0, 0.05) is 13.6 Å². The Labute approximate surface area is 61.2 Å². The molecule has 0 spiro atoms. The van der Waals surface area contributed by atoms with Gasteiger partial charge in [0.1, 0.15) is 6.42 Å². The molecule has 0 unspecified atom stereocenters. The van der Waals surface area contributed by atoms with E-state index in [-0.39, 0.29) is 12.3 Å². The van der Waals surface area contributed by atoms with Gasteiger partial charge in [-0.15, -0.1) is 0 Å². The third kappa shape index (κ3) is 3.08. The van der Waals surface area contributed by atoms with Crippen LogP contribution in [-0.2, 0) is 4.79 Å². The first kappa shape index (κ1) is 8.96. The van der Waals surface area contributed by atoms with Gasteiger partial charge >= 0.3 is 0 Å². The normalized spacial score (nSPS) is 8.50. The maximum Gasteiger partial charge on any atom is 0.236 e. The summed E-state index contributed by atoms with van der Waals surface area (Å²) in [6, 6.07) is 1.82. The molecule has 0 saturated heterocycles. The first-order valence-corrected chi connectivity index (χ1v) is 3.33. The highest BCUT2D eigenvalue weighted by Gasteiger charge is 2.04. The van der Waals surface area contributed by atoms with Crippen LogP contribution in [0.4, 0.5) is 0 Å². The first-order chi connectivity index (χ1) is 4.72. The number of carbonyl (C=O) groups is 1. The van der Waals surface area contributed by atoms with Crippen LogP contribution < -0.4 is 0 Å². The zero-order chi connectivity index (χ0) is 7.98. The fourth-order valence-electron chi connectivity index (χ4n) is 0.663. The van der Waals surface area contributed by atoms with E-state index in [4.69, 9.17) is 5.26 Å². The fourth-order valence-corrected chi connectivity index (χ4v) is 0.663. The lowest BCUT2D eigenvalue weighted by Gasteiger charge is -2.13. The topological polar surface area (TPSA) is 44.1 Å². The van der Waals surface area contributed by atoms with E-state index < -0.39 is 0 Å². The summed E-state index contributed by atoms with van der Waals surface area (Å²) in [5, 5.41) is 8.16. The minimum Gasteiger partial charge on any atom is -0.345 e. The molecule has 0 aromatic rings. The van der Waals surface area contributed by atoms with Crippen LogP contribution >= 0.6 is 0 Å². The molecule has 0 N–H and O–H groups in total. The van der Waals surface area contributed by atoms with Crippen LogP contribution in [0.1, 0.15) is 19.8 Å². The molecule has 0 aliphatic rings. The van der Waals surface area contributed by atoms with E-state index in [1.54, 1.807) is 11.9 Å². The van der Waals surface area contributed by atoms with E-state index in [2.05, 4.69) is 0 Å². The number of hydrogen-bond donors (Lipinski definition) is 0. The van der Waals surface area contributed by atoms with E-state index in [0.29, 0.717) is 0 Å². The van der Waals surface area contributed by atoms with E-state index in [9.17, 15) is 4.79 Å². The molecule has 3 heteroatoms. The number of rotatable bonds is 3. The van der Waals surface area contributed by atoms with E-state index in [0.717, 1.165) is 13.0 Å². The maximum atomic E-state index is 10.8. The molecule has 0 aliphatic carbocycles. The molecule has 0 bridgehead atoms. The highest BCUT2D eigenvalue weighted by Crippen LogP contribution is 1.90. The van der Waals surface area contributed by atoms with Gasteiger partial charge in [-0.3, -0.25) is 4.79 Å². The van der Waals surface area contributed by atoms with E-state index in [1.165, 1.54) is 0 Å². The SMILES string of the molecule is CCCN(C)C(=O)CC#N. The van der Waals surface area contributed by atoms with Crippen molar-refractivity contribution in [2.75, 3.05) is 13.6 Å². The Morgan fingerprint density at radius 3 is 2.70 bits per heavy atom. The van der Waals surface area contributed by atoms with Crippen LogP contribution in [0.5, 0.6) is 0 Å². The first-order valence-electron chi connectivity index (χ1n) is 3.33. The van der Waals surface area contributed by atoms with Crippen LogP contribution in [0.25, 0.3) is 0 Å². The minimum absolute atomic E-state index is 0.00347. The Hall–Kier alpha value is -1.04. The second-order valence-electron chi connectivity index (χ2n) is 2.15. The van der Waals surface area contributed by atoms with Gasteiger partial charge in [0.25, 0.3) is 0 Å². The number of nitrogens with zero attached hydrogens (tertiary/aromatic N) is 2. The van der Waals surface area contributed by atoms with E-state index >= 15 is 0 Å². The van der Waals surface area contributed by atoms with Crippen molar-refractivity contribution in [1.82, 2.24) is 4.90 Å². The molecule has 1 amide bonds. The largest absolute Gasteiger partial charge is 0.345 e. The summed E-state index contributed by atoms with van der Waals surface area (Å²) >= 11 is 0. The zero-order valence-corrected chi connectivity index (χ0v) is 6.42. The van der Waals surface area contributed by atoms with Gasteiger partial charge in [0.2, 0.25) is 5.91 Å². The molecule has 0 saturated carbocycles. The Morgan fingerprint density at radius 2 is 2.30 bits per heavy atom. The highest BCUT2D eigenvalue weighted by molar-refractivity contribution is 5.77. The lowest BCUT2D eigenvalue weighted by atomic mass is 10.3. The Balaban J connectivity index is 3.62. The average molecular weight is 140 g/mol. The summed E-state index contributed by atoms with van der Waals surface area (Å²) in [6.07, 6.45) is 0.935. The van der Waals surface area contributed by atoms with Crippen molar-refractivity contribution in [2.45, 2.75) is 19.8 Å². The molecule has 3 nitrogen and oxygen atoms in total. The summed E-state index contributed by atoms with van der Waals surface area (Å²) in [5.41, 5.74) is 0. The van der Waals surface area contributed by atoms with Crippen molar-refractivity contribution in [3.05, 3.63) is 0 Å². The second-order valence-corrected chi connectivity index (χ2v) is 2.15. The van der Waals surface area contributed by atoms with Crippen LogP contribution in [0, 0.1) is 11.3 Å². The quantitative estimate of drug-likeness (QED) is 0.581. The van der Waals surface area contributed by atoms with Crippen molar-refractivity contribution in [3.63, 3.8) is 0 Å². The van der Waals surface area contributed by atoms with Gasteiger partial charge in [-0.1, -0.05) is 6.92 Å². The van der Waals surface area contributed by atoms with Crippen LogP contribution in [0.2, 0.25) is 0 Å². The summed E-state index contributed by atoms with van der Waals surface area (Å²) in [6.45, 7) is 2.73. The molecule has 0 radical (unpaired) electrons. The third-order valence-electron chi connectivity index (χ3n) is 1.22. The Bertz CT molecular complexity index is 148. The monoisotopic (exact) mass is 140 g/mol. The maximum absolute atomic E-state index is 10.8. The van der Waals surface area contributed by atoms with Gasteiger partial charge in [-0.25, -0.2) is 0 Å². The molecule has 56 valence electrons. The van der Waals surface area contributed by atoms with Crippen molar-refractivity contribution < 1.29 is 4.79 Å². The highest BCUT2D eigenvalue weighted by atomic mass is 16.2. The number of nitriles is 1. The number of hydrogen-bond acceptors (Lipinski definition) is 2. The molecule has 0 aromatic carbocycles. The summed E-state index contributed by atoms with van der Waals surface area (Å²) in [4.78, 5) is 12.4. The summed E-state index contributed by atoms with van der Waals surface area (Å²) in [7, 11) is 1.71. The molecule has 0 fully saturated rings. The average Bonchev–Trinajstić information content (AvgIpc) is 1.89. The Kier molecular flexibility index (Phi) is 4.30. The molecule has 0 rings (SSSR count). The molecule has 0 heterocycles. The summed E-state index contributed by atoms with van der Waals surface area (Å²) < 4.78 is 0. The molecule has 10 heavy (non-hydrogen) atoms. The lowest BCUT2D eigenvalue weighted by Crippen LogP contribution is -2.26. The van der Waals surface area contributed by atoms with Crippen LogP contribution in [0.15, 0.2) is 0 Å². The van der Waals surface area contributed by atoms with Crippen molar-refractivity contribution in [3.8, 4) is 6.07 Å². The van der Waals surface area contributed by atoms with Gasteiger partial charge in [0.05, 0.1) is 6.07 Å². The van der Waals surface area contributed by atoms with Crippen LogP contribution in [0.3, 0.4) is 0 Å². The number of carbonyl (C=O) groups excluding carboxylic acids is 1. The minimum atomic E-state index is -0.0932. The smallest absolute Gasteiger partial charge is 0.236 e. The molecule has 0 aliphatic heterocycles. The van der Waals surface area contributed by atoms with Crippen molar-refractivity contribution >= 4 is 5.91 Å². The molecule has 0 atom stereocenters. The van der Waals surface area contributed by atoms with Crippen molar-refractivity contribution in [1.29, 1.82) is 5.26 Å². The predicted octanol–water partition coefficient (Wildman–Crippen LogP) is 0.768. The van der Waals surface area contributed by atoms with E-state index in [1.807, 2.05) is 13.0 Å². The third-order valence-corrected chi connectivity index (χ3v) is 1.22. The lowest BCUT2D eigenvalue weighted by molar-refractivity contribution is -0.128. The molecular weight excluding hydrogens is 128 g/mol. The standard InChI is InChI=1S/C7H12N2O/c1-3-6-9(2)7(10)4-5-8/h3-4,6H2,1-2H3. The Morgan fingerprint density at radius 1 is 1.70 bits per heavy atom.